The summed E-state index contributed by atoms with van der Waals surface area (Å²) < 4.78 is 31.6. The molecule has 118 valence electrons. The van der Waals surface area contributed by atoms with Crippen LogP contribution in [0.25, 0.3) is 11.1 Å². The number of nitrogens with two attached hydrogens (primary N) is 2. The molecule has 2 aromatic rings. The van der Waals surface area contributed by atoms with E-state index in [1.165, 1.54) is 0 Å². The molecule has 2 rings (SSSR count). The van der Waals surface area contributed by atoms with Crippen LogP contribution in [0.1, 0.15) is 0 Å². The van der Waals surface area contributed by atoms with Crippen molar-refractivity contribution in [3.05, 3.63) is 48.5 Å². The lowest BCUT2D eigenvalue weighted by atomic mass is 10.1. The monoisotopic (exact) mass is 317 g/mol. The third kappa shape index (κ3) is 9.38. The first kappa shape index (κ1) is 21.1. The molecule has 0 saturated heterocycles. The van der Waals surface area contributed by atoms with Crippen LogP contribution in [0, 0.1) is 0 Å². The van der Waals surface area contributed by atoms with Crippen molar-refractivity contribution in [2.75, 3.05) is 11.5 Å². The molecule has 21 heavy (non-hydrogen) atoms. The Balaban J connectivity index is 0. The molecule has 0 radical (unpaired) electrons. The van der Waals surface area contributed by atoms with E-state index in [1.54, 1.807) is 0 Å². The number of hydrogen-bond acceptors (Lipinski definition) is 5. The van der Waals surface area contributed by atoms with Crippen LogP contribution >= 0.6 is 0 Å². The maximum absolute atomic E-state index is 8.74. The molecular formula is C12H19N3O5S. The lowest BCUT2D eigenvalue weighted by Gasteiger charge is -2.02. The summed E-state index contributed by atoms with van der Waals surface area (Å²) in [5, 5.41) is 0. The molecule has 0 heterocycles. The van der Waals surface area contributed by atoms with Crippen molar-refractivity contribution in [3.63, 3.8) is 0 Å². The van der Waals surface area contributed by atoms with E-state index in [0.717, 1.165) is 22.5 Å². The molecule has 0 aliphatic rings. The highest BCUT2D eigenvalue weighted by Gasteiger charge is 1.95. The summed E-state index contributed by atoms with van der Waals surface area (Å²) in [5.41, 5.74) is 15.1. The van der Waals surface area contributed by atoms with Crippen LogP contribution < -0.4 is 17.6 Å². The highest BCUT2D eigenvalue weighted by Crippen LogP contribution is 2.21. The van der Waals surface area contributed by atoms with E-state index in [1.807, 2.05) is 48.5 Å². The van der Waals surface area contributed by atoms with Crippen LogP contribution in [-0.2, 0) is 10.4 Å². The number of benzene rings is 2. The fourth-order valence-electron chi connectivity index (χ4n) is 1.35. The number of rotatable bonds is 1. The predicted molar refractivity (Wildman–Crippen MR) is 83.5 cm³/mol. The molecule has 0 bridgehead atoms. The van der Waals surface area contributed by atoms with E-state index < -0.39 is 10.4 Å². The highest BCUT2D eigenvalue weighted by molar-refractivity contribution is 7.79. The van der Waals surface area contributed by atoms with Gasteiger partial charge >= 0.3 is 10.4 Å². The van der Waals surface area contributed by atoms with Crippen LogP contribution in [0.15, 0.2) is 48.5 Å². The molecule has 0 amide bonds. The molecule has 0 saturated carbocycles. The molecule has 0 aliphatic carbocycles. The van der Waals surface area contributed by atoms with Gasteiger partial charge in [-0.05, 0) is 35.4 Å². The molecular weight excluding hydrogens is 298 g/mol. The summed E-state index contributed by atoms with van der Waals surface area (Å²) in [6, 6.07) is 15.6. The largest absolute Gasteiger partial charge is 0.412 e. The van der Waals surface area contributed by atoms with Crippen molar-refractivity contribution >= 4 is 21.8 Å². The van der Waals surface area contributed by atoms with Gasteiger partial charge in [0.1, 0.15) is 0 Å². The van der Waals surface area contributed by atoms with Gasteiger partial charge in [0.05, 0.1) is 0 Å². The summed E-state index contributed by atoms with van der Waals surface area (Å²) >= 11 is 0. The second-order valence-electron chi connectivity index (χ2n) is 3.69. The molecule has 0 aromatic heterocycles. The van der Waals surface area contributed by atoms with Crippen LogP contribution in [0.3, 0.4) is 0 Å². The molecule has 0 fully saturated rings. The molecule has 0 aliphatic heterocycles. The van der Waals surface area contributed by atoms with Crippen molar-refractivity contribution in [2.24, 2.45) is 0 Å². The van der Waals surface area contributed by atoms with E-state index in [4.69, 9.17) is 29.0 Å². The summed E-state index contributed by atoms with van der Waals surface area (Å²) in [5.74, 6) is 0. The summed E-state index contributed by atoms with van der Waals surface area (Å²) in [6.07, 6.45) is 0. The summed E-state index contributed by atoms with van der Waals surface area (Å²) in [7, 11) is -4.67. The minimum Gasteiger partial charge on any atom is -0.412 e. The first-order chi connectivity index (χ1) is 8.75. The minimum absolute atomic E-state index is 0. The second kappa shape index (κ2) is 8.89. The van der Waals surface area contributed by atoms with Gasteiger partial charge in [0, 0.05) is 11.4 Å². The first-order valence-electron chi connectivity index (χ1n) is 5.17. The molecule has 11 N–H and O–H groups in total. The van der Waals surface area contributed by atoms with Gasteiger partial charge in [0.25, 0.3) is 0 Å². The van der Waals surface area contributed by atoms with Gasteiger partial charge < -0.3 is 23.1 Å². The van der Waals surface area contributed by atoms with E-state index in [-0.39, 0.29) is 11.6 Å². The van der Waals surface area contributed by atoms with Gasteiger partial charge in [-0.1, -0.05) is 24.3 Å². The molecule has 8 nitrogen and oxygen atoms in total. The smallest absolute Gasteiger partial charge is 0.394 e. The van der Waals surface area contributed by atoms with E-state index >= 15 is 0 Å². The Hall–Kier alpha value is -2.17. The van der Waals surface area contributed by atoms with Crippen molar-refractivity contribution in [2.45, 2.75) is 0 Å². The van der Waals surface area contributed by atoms with Gasteiger partial charge in [-0.3, -0.25) is 9.11 Å². The van der Waals surface area contributed by atoms with Gasteiger partial charge in [0.15, 0.2) is 0 Å². The lowest BCUT2D eigenvalue weighted by molar-refractivity contribution is 0.381. The van der Waals surface area contributed by atoms with Gasteiger partial charge in [-0.2, -0.15) is 8.42 Å². The Labute approximate surface area is 122 Å². The Morgan fingerprint density at radius 1 is 0.714 bits per heavy atom. The zero-order valence-corrected chi connectivity index (χ0v) is 11.9. The number of hydrogen-bond donors (Lipinski definition) is 5. The third-order valence-electron chi connectivity index (χ3n) is 2.15. The van der Waals surface area contributed by atoms with Crippen LogP contribution in [0.4, 0.5) is 11.4 Å². The van der Waals surface area contributed by atoms with E-state index in [0.29, 0.717) is 0 Å². The minimum atomic E-state index is -4.67. The SMILES string of the molecule is N.Nc1ccc(-c2ccc(N)cc2)cc1.O.O=S(=O)(O)O. The molecule has 9 heteroatoms. The van der Waals surface area contributed by atoms with Gasteiger partial charge in [-0.15, -0.1) is 0 Å². The van der Waals surface area contributed by atoms with Gasteiger partial charge in [-0.25, -0.2) is 0 Å². The maximum atomic E-state index is 8.74. The average Bonchev–Trinajstić information content (AvgIpc) is 2.29. The predicted octanol–water partition coefficient (Wildman–Crippen LogP) is 1.20. The van der Waals surface area contributed by atoms with Crippen molar-refractivity contribution in [1.29, 1.82) is 0 Å². The Bertz CT molecular complexity index is 575. The highest BCUT2D eigenvalue weighted by atomic mass is 32.3. The fourth-order valence-corrected chi connectivity index (χ4v) is 1.35. The van der Waals surface area contributed by atoms with E-state index in [2.05, 4.69) is 0 Å². The fraction of sp³-hybridized carbons (Fsp3) is 0. The average molecular weight is 317 g/mol. The molecule has 0 unspecified atom stereocenters. The normalized spacial score (nSPS) is 9.43. The van der Waals surface area contributed by atoms with Crippen molar-refractivity contribution < 1.29 is 23.0 Å². The third-order valence-corrected chi connectivity index (χ3v) is 2.15. The Morgan fingerprint density at radius 3 is 1.10 bits per heavy atom. The standard InChI is InChI=1S/C12H12N2.H3N.H2O4S.H2O/c13-11-5-1-9(2-6-11)10-3-7-12(14)8-4-10;;1-5(2,3)4;/h1-8H,13-14H2;1H3;(H2,1,2,3,4);1H2. The molecule has 0 spiro atoms. The van der Waals surface area contributed by atoms with Crippen LogP contribution in [0.5, 0.6) is 0 Å². The van der Waals surface area contributed by atoms with E-state index in [9.17, 15) is 0 Å². The molecule has 2 aromatic carbocycles. The van der Waals surface area contributed by atoms with Gasteiger partial charge in [0.2, 0.25) is 0 Å². The van der Waals surface area contributed by atoms with Crippen LogP contribution in [0.2, 0.25) is 0 Å². The summed E-state index contributed by atoms with van der Waals surface area (Å²) in [6.45, 7) is 0. The second-order valence-corrected chi connectivity index (χ2v) is 4.59. The quantitative estimate of drug-likeness (QED) is 0.385. The zero-order chi connectivity index (χ0) is 14.5. The first-order valence-corrected chi connectivity index (χ1v) is 6.57. The lowest BCUT2D eigenvalue weighted by Crippen LogP contribution is -1.89. The maximum Gasteiger partial charge on any atom is 0.394 e. The zero-order valence-electron chi connectivity index (χ0n) is 11.1. The topological polar surface area (TPSA) is 193 Å². The number of anilines is 2. The van der Waals surface area contributed by atoms with Crippen molar-refractivity contribution in [3.8, 4) is 11.1 Å². The molecule has 0 atom stereocenters. The number of nitrogen functional groups attached to an aromatic ring is 2. The summed E-state index contributed by atoms with van der Waals surface area (Å²) in [4.78, 5) is 0. The van der Waals surface area contributed by atoms with Crippen LogP contribution in [-0.4, -0.2) is 23.0 Å². The van der Waals surface area contributed by atoms with Crippen molar-refractivity contribution in [1.82, 2.24) is 6.15 Å². The Kier molecular flexibility index (Phi) is 8.95. The Morgan fingerprint density at radius 2 is 0.905 bits per heavy atom.